The predicted octanol–water partition coefficient (Wildman–Crippen LogP) is 3.33. The Balaban J connectivity index is 1.55. The molecule has 0 unspecified atom stereocenters. The Morgan fingerprint density at radius 2 is 1.92 bits per heavy atom. The first-order valence-corrected chi connectivity index (χ1v) is 9.26. The number of benzene rings is 1. The molecule has 0 saturated carbocycles. The summed E-state index contributed by atoms with van der Waals surface area (Å²) in [6.07, 6.45) is 4.20. The minimum absolute atomic E-state index is 0.565. The maximum absolute atomic E-state index is 4.67. The van der Waals surface area contributed by atoms with Crippen LogP contribution in [0.15, 0.2) is 59.7 Å². The first-order valence-electron chi connectivity index (χ1n) is 9.26. The number of guanidine groups is 1. The van der Waals surface area contributed by atoms with Gasteiger partial charge in [0.2, 0.25) is 0 Å². The Morgan fingerprint density at radius 3 is 2.69 bits per heavy atom. The van der Waals surface area contributed by atoms with Crippen LogP contribution in [0.25, 0.3) is 5.65 Å². The second-order valence-corrected chi connectivity index (χ2v) is 6.34. The number of nitrogens with zero attached hydrogens (tertiary/aromatic N) is 3. The highest BCUT2D eigenvalue weighted by atomic mass is 15.2. The van der Waals surface area contributed by atoms with Crippen LogP contribution < -0.4 is 10.6 Å². The van der Waals surface area contributed by atoms with Crippen LogP contribution in [-0.4, -0.2) is 28.4 Å². The molecule has 0 atom stereocenters. The normalized spacial score (nSPS) is 11.7. The predicted molar refractivity (Wildman–Crippen MR) is 108 cm³/mol. The summed E-state index contributed by atoms with van der Waals surface area (Å²) >= 11 is 0. The maximum Gasteiger partial charge on any atom is 0.191 e. The molecule has 0 saturated heterocycles. The van der Waals surface area contributed by atoms with E-state index in [1.807, 2.05) is 12.1 Å². The number of fused-ring (bicyclic) bond motifs is 1. The second-order valence-electron chi connectivity index (χ2n) is 6.34. The van der Waals surface area contributed by atoms with E-state index >= 15 is 0 Å². The van der Waals surface area contributed by atoms with Crippen molar-refractivity contribution in [3.63, 3.8) is 0 Å². The number of aromatic nitrogens is 2. The number of aliphatic imine (C=N–C) groups is 1. The minimum atomic E-state index is 0.565. The summed E-state index contributed by atoms with van der Waals surface area (Å²) in [5.74, 6) is 0.842. The fraction of sp³-hybridized carbons (Fsp3) is 0.333. The number of pyridine rings is 1. The fourth-order valence-corrected chi connectivity index (χ4v) is 2.92. The largest absolute Gasteiger partial charge is 0.357 e. The molecule has 0 radical (unpaired) electrons. The zero-order valence-corrected chi connectivity index (χ0v) is 15.6. The number of nitrogens with one attached hydrogen (secondary N) is 2. The monoisotopic (exact) mass is 349 g/mol. The van der Waals surface area contributed by atoms with Gasteiger partial charge in [0.25, 0.3) is 0 Å². The Bertz CT molecular complexity index is 851. The number of imidazole rings is 1. The average Bonchev–Trinajstić information content (AvgIpc) is 3.08. The number of rotatable bonds is 7. The standard InChI is InChI=1S/C21H27N5/c1-3-22-21(23-14-8-12-18-10-5-4-6-11-18)24-15-19-16-26-17(2)9-7-13-20(26)25-19/h4-7,9-11,13,16H,3,8,12,14-15H2,1-2H3,(H2,22,23,24). The van der Waals surface area contributed by atoms with Crippen molar-refractivity contribution in [3.05, 3.63) is 71.7 Å². The van der Waals surface area contributed by atoms with Crippen LogP contribution in [0, 0.1) is 6.92 Å². The smallest absolute Gasteiger partial charge is 0.191 e. The SMILES string of the molecule is CCNC(=NCc1cn2c(C)cccc2n1)NCCCc1ccccc1. The van der Waals surface area contributed by atoms with E-state index in [1.165, 1.54) is 11.3 Å². The van der Waals surface area contributed by atoms with Crippen molar-refractivity contribution in [2.24, 2.45) is 4.99 Å². The summed E-state index contributed by atoms with van der Waals surface area (Å²) in [6, 6.07) is 16.7. The number of hydrogen-bond acceptors (Lipinski definition) is 2. The summed E-state index contributed by atoms with van der Waals surface area (Å²) < 4.78 is 2.10. The number of aryl methyl sites for hydroxylation is 2. The molecule has 0 aliphatic carbocycles. The van der Waals surface area contributed by atoms with Crippen molar-refractivity contribution < 1.29 is 0 Å². The van der Waals surface area contributed by atoms with Crippen molar-refractivity contribution in [1.82, 2.24) is 20.0 Å². The van der Waals surface area contributed by atoms with E-state index in [9.17, 15) is 0 Å². The van der Waals surface area contributed by atoms with E-state index < -0.39 is 0 Å². The molecule has 136 valence electrons. The Labute approximate surface area is 155 Å². The molecule has 26 heavy (non-hydrogen) atoms. The molecule has 2 N–H and O–H groups in total. The Kier molecular flexibility index (Phi) is 6.25. The van der Waals surface area contributed by atoms with Crippen LogP contribution in [0.2, 0.25) is 0 Å². The van der Waals surface area contributed by atoms with Gasteiger partial charge in [-0.3, -0.25) is 0 Å². The summed E-state index contributed by atoms with van der Waals surface area (Å²) in [5.41, 5.74) is 4.49. The highest BCUT2D eigenvalue weighted by Crippen LogP contribution is 2.09. The van der Waals surface area contributed by atoms with Gasteiger partial charge >= 0.3 is 0 Å². The zero-order valence-electron chi connectivity index (χ0n) is 15.6. The van der Waals surface area contributed by atoms with Gasteiger partial charge in [-0.2, -0.15) is 0 Å². The molecule has 0 aliphatic heterocycles. The van der Waals surface area contributed by atoms with E-state index in [0.29, 0.717) is 6.54 Å². The van der Waals surface area contributed by atoms with Gasteiger partial charge in [-0.25, -0.2) is 9.98 Å². The lowest BCUT2D eigenvalue weighted by molar-refractivity contribution is 0.743. The molecule has 0 fully saturated rings. The highest BCUT2D eigenvalue weighted by Gasteiger charge is 2.03. The quantitative estimate of drug-likeness (QED) is 0.391. The van der Waals surface area contributed by atoms with Crippen molar-refractivity contribution in [2.45, 2.75) is 33.2 Å². The minimum Gasteiger partial charge on any atom is -0.357 e. The Hall–Kier alpha value is -2.82. The summed E-state index contributed by atoms with van der Waals surface area (Å²) in [6.45, 7) is 6.46. The summed E-state index contributed by atoms with van der Waals surface area (Å²) in [7, 11) is 0. The van der Waals surface area contributed by atoms with E-state index in [1.54, 1.807) is 0 Å². The van der Waals surface area contributed by atoms with Gasteiger partial charge in [0.15, 0.2) is 5.96 Å². The fourth-order valence-electron chi connectivity index (χ4n) is 2.92. The molecule has 5 heteroatoms. The second kappa shape index (κ2) is 9.04. The van der Waals surface area contributed by atoms with Crippen LogP contribution in [0.1, 0.15) is 30.3 Å². The van der Waals surface area contributed by atoms with Gasteiger partial charge in [-0.1, -0.05) is 36.4 Å². The number of hydrogen-bond donors (Lipinski definition) is 2. The van der Waals surface area contributed by atoms with Gasteiger partial charge in [-0.05, 0) is 44.4 Å². The third-order valence-electron chi connectivity index (χ3n) is 4.27. The lowest BCUT2D eigenvalue weighted by atomic mass is 10.1. The molecular weight excluding hydrogens is 322 g/mol. The molecule has 2 aromatic heterocycles. The molecule has 0 aliphatic rings. The first kappa shape index (κ1) is 18.0. The molecule has 0 amide bonds. The van der Waals surface area contributed by atoms with E-state index in [4.69, 9.17) is 0 Å². The average molecular weight is 349 g/mol. The first-order chi connectivity index (χ1) is 12.8. The molecule has 0 spiro atoms. The van der Waals surface area contributed by atoms with Crippen molar-refractivity contribution in [3.8, 4) is 0 Å². The van der Waals surface area contributed by atoms with Crippen molar-refractivity contribution >= 4 is 11.6 Å². The van der Waals surface area contributed by atoms with Gasteiger partial charge in [0.1, 0.15) is 5.65 Å². The Morgan fingerprint density at radius 1 is 1.08 bits per heavy atom. The van der Waals surface area contributed by atoms with Crippen LogP contribution in [-0.2, 0) is 13.0 Å². The van der Waals surface area contributed by atoms with Gasteiger partial charge in [0, 0.05) is 25.0 Å². The van der Waals surface area contributed by atoms with Crippen LogP contribution >= 0.6 is 0 Å². The van der Waals surface area contributed by atoms with Crippen LogP contribution in [0.4, 0.5) is 0 Å². The lowest BCUT2D eigenvalue weighted by Crippen LogP contribution is -2.37. The summed E-state index contributed by atoms with van der Waals surface area (Å²) in [4.78, 5) is 9.31. The van der Waals surface area contributed by atoms with E-state index in [-0.39, 0.29) is 0 Å². The molecule has 3 aromatic rings. The maximum atomic E-state index is 4.67. The molecule has 5 nitrogen and oxygen atoms in total. The van der Waals surface area contributed by atoms with Crippen molar-refractivity contribution in [2.75, 3.05) is 13.1 Å². The van der Waals surface area contributed by atoms with E-state index in [2.05, 4.69) is 81.5 Å². The van der Waals surface area contributed by atoms with Gasteiger partial charge < -0.3 is 15.0 Å². The molecule has 2 heterocycles. The third kappa shape index (κ3) is 4.85. The molecular formula is C21H27N5. The van der Waals surface area contributed by atoms with E-state index in [0.717, 1.165) is 43.2 Å². The molecule has 0 bridgehead atoms. The molecule has 3 rings (SSSR count). The highest BCUT2D eigenvalue weighted by molar-refractivity contribution is 5.79. The third-order valence-corrected chi connectivity index (χ3v) is 4.27. The van der Waals surface area contributed by atoms with Crippen LogP contribution in [0.3, 0.4) is 0 Å². The summed E-state index contributed by atoms with van der Waals surface area (Å²) in [5, 5.41) is 6.71. The van der Waals surface area contributed by atoms with Gasteiger partial charge in [-0.15, -0.1) is 0 Å². The van der Waals surface area contributed by atoms with Crippen LogP contribution in [0.5, 0.6) is 0 Å². The van der Waals surface area contributed by atoms with Gasteiger partial charge in [0.05, 0.1) is 12.2 Å². The lowest BCUT2D eigenvalue weighted by Gasteiger charge is -2.10. The zero-order chi connectivity index (χ0) is 18.2. The van der Waals surface area contributed by atoms with Crippen molar-refractivity contribution in [1.29, 1.82) is 0 Å². The topological polar surface area (TPSA) is 53.7 Å². The molecule has 1 aromatic carbocycles.